The smallest absolute Gasteiger partial charge is 0.139 e. The van der Waals surface area contributed by atoms with Gasteiger partial charge in [-0.15, -0.1) is 0 Å². The molecule has 0 aromatic carbocycles. The van der Waals surface area contributed by atoms with E-state index < -0.39 is 0 Å². The Labute approximate surface area is 117 Å². The van der Waals surface area contributed by atoms with E-state index >= 15 is 0 Å². The van der Waals surface area contributed by atoms with Crippen molar-refractivity contribution < 1.29 is 4.74 Å². The summed E-state index contributed by atoms with van der Waals surface area (Å²) in [6, 6.07) is 3.75. The molecule has 0 aliphatic carbocycles. The second-order valence-electron chi connectivity index (χ2n) is 4.40. The van der Waals surface area contributed by atoms with Crippen molar-refractivity contribution in [3.05, 3.63) is 17.2 Å². The quantitative estimate of drug-likeness (QED) is 0.862. The zero-order chi connectivity index (χ0) is 13.0. The van der Waals surface area contributed by atoms with E-state index in [1.54, 1.807) is 11.9 Å². The molecule has 1 aromatic heterocycles. The highest BCUT2D eigenvalue weighted by molar-refractivity contribution is 8.01. The van der Waals surface area contributed by atoms with Crippen LogP contribution in [0.25, 0.3) is 0 Å². The molecule has 1 aliphatic rings. The van der Waals surface area contributed by atoms with Gasteiger partial charge < -0.3 is 14.4 Å². The second kappa shape index (κ2) is 6.50. The number of hydrogen-bond acceptors (Lipinski definition) is 5. The zero-order valence-electron chi connectivity index (χ0n) is 10.6. The van der Waals surface area contributed by atoms with Crippen LogP contribution >= 0.6 is 23.5 Å². The van der Waals surface area contributed by atoms with E-state index in [4.69, 9.17) is 16.3 Å². The molecule has 1 aromatic rings. The number of rotatable bonds is 4. The summed E-state index contributed by atoms with van der Waals surface area (Å²) in [5.74, 6) is 1.72. The SMILES string of the molecule is CC(C)SNc1cc(Cl)cc(N2CCOCC2)n1. The highest BCUT2D eigenvalue weighted by atomic mass is 35.5. The number of nitrogens with one attached hydrogen (secondary N) is 1. The average molecular weight is 288 g/mol. The number of hydrogen-bond donors (Lipinski definition) is 1. The molecule has 100 valence electrons. The van der Waals surface area contributed by atoms with E-state index in [-0.39, 0.29) is 0 Å². The summed E-state index contributed by atoms with van der Waals surface area (Å²) in [5.41, 5.74) is 0. The number of nitrogens with zero attached hydrogens (tertiary/aromatic N) is 2. The van der Waals surface area contributed by atoms with Crippen LogP contribution in [0.1, 0.15) is 13.8 Å². The molecule has 0 spiro atoms. The number of ether oxygens (including phenoxy) is 1. The molecule has 1 saturated heterocycles. The average Bonchev–Trinajstić information content (AvgIpc) is 2.37. The molecule has 1 fully saturated rings. The molecule has 1 N–H and O–H groups in total. The van der Waals surface area contributed by atoms with Crippen LogP contribution in [0.2, 0.25) is 5.02 Å². The summed E-state index contributed by atoms with van der Waals surface area (Å²) in [6.07, 6.45) is 0. The van der Waals surface area contributed by atoms with Crippen molar-refractivity contribution in [1.82, 2.24) is 4.98 Å². The Morgan fingerprint density at radius 3 is 2.78 bits per heavy atom. The van der Waals surface area contributed by atoms with Crippen molar-refractivity contribution in [3.8, 4) is 0 Å². The van der Waals surface area contributed by atoms with E-state index in [0.717, 1.165) is 37.9 Å². The fourth-order valence-electron chi connectivity index (χ4n) is 1.67. The number of anilines is 2. The molecule has 1 aliphatic heterocycles. The Balaban J connectivity index is 2.09. The standard InChI is InChI=1S/C12H18ClN3OS/c1-9(2)18-15-11-7-10(13)8-12(14-11)16-3-5-17-6-4-16/h7-9H,3-6H2,1-2H3,(H,14,15). The fraction of sp³-hybridized carbons (Fsp3) is 0.583. The second-order valence-corrected chi connectivity index (χ2v) is 6.22. The van der Waals surface area contributed by atoms with Gasteiger partial charge in [0.05, 0.1) is 13.2 Å². The molecule has 0 bridgehead atoms. The summed E-state index contributed by atoms with van der Waals surface area (Å²) in [5, 5.41) is 1.20. The topological polar surface area (TPSA) is 37.4 Å². The molecular formula is C12H18ClN3OS. The van der Waals surface area contributed by atoms with Crippen LogP contribution in [-0.2, 0) is 4.74 Å². The van der Waals surface area contributed by atoms with E-state index in [9.17, 15) is 0 Å². The summed E-state index contributed by atoms with van der Waals surface area (Å²) in [6.45, 7) is 7.49. The Hall–Kier alpha value is -0.650. The minimum Gasteiger partial charge on any atom is -0.378 e. The summed E-state index contributed by atoms with van der Waals surface area (Å²) >= 11 is 7.77. The number of morpholine rings is 1. The maximum atomic E-state index is 6.14. The van der Waals surface area contributed by atoms with Crippen molar-refractivity contribution in [2.45, 2.75) is 19.1 Å². The van der Waals surface area contributed by atoms with Crippen molar-refractivity contribution >= 4 is 35.2 Å². The maximum Gasteiger partial charge on any atom is 0.139 e. The number of halogens is 1. The van der Waals surface area contributed by atoms with Gasteiger partial charge in [-0.25, -0.2) is 4.98 Å². The van der Waals surface area contributed by atoms with Crippen LogP contribution in [0.5, 0.6) is 0 Å². The van der Waals surface area contributed by atoms with Crippen molar-refractivity contribution in [2.75, 3.05) is 35.9 Å². The fourth-order valence-corrected chi connectivity index (χ4v) is 2.33. The van der Waals surface area contributed by atoms with Crippen LogP contribution < -0.4 is 9.62 Å². The van der Waals surface area contributed by atoms with Crippen molar-refractivity contribution in [1.29, 1.82) is 0 Å². The lowest BCUT2D eigenvalue weighted by Gasteiger charge is -2.28. The van der Waals surface area contributed by atoms with Crippen LogP contribution in [0.4, 0.5) is 11.6 Å². The minimum atomic E-state index is 0.498. The van der Waals surface area contributed by atoms with Gasteiger partial charge in [-0.2, -0.15) is 0 Å². The van der Waals surface area contributed by atoms with Crippen molar-refractivity contribution in [2.24, 2.45) is 0 Å². The highest BCUT2D eigenvalue weighted by Crippen LogP contribution is 2.24. The predicted molar refractivity (Wildman–Crippen MR) is 78.6 cm³/mol. The molecule has 6 heteroatoms. The van der Waals surface area contributed by atoms with E-state index in [1.165, 1.54) is 0 Å². The number of aromatic nitrogens is 1. The Kier molecular flexibility index (Phi) is 4.97. The molecule has 2 heterocycles. The van der Waals surface area contributed by atoms with E-state index in [0.29, 0.717) is 10.3 Å². The van der Waals surface area contributed by atoms with Gasteiger partial charge >= 0.3 is 0 Å². The normalized spacial score (nSPS) is 16.1. The predicted octanol–water partition coefficient (Wildman–Crippen LogP) is 3.04. The van der Waals surface area contributed by atoms with Gasteiger partial charge in [0.2, 0.25) is 0 Å². The molecule has 4 nitrogen and oxygen atoms in total. The third-order valence-electron chi connectivity index (χ3n) is 2.51. The van der Waals surface area contributed by atoms with Gasteiger partial charge in [0.1, 0.15) is 11.6 Å². The minimum absolute atomic E-state index is 0.498. The van der Waals surface area contributed by atoms with Crippen LogP contribution in [0.3, 0.4) is 0 Å². The Morgan fingerprint density at radius 1 is 1.39 bits per heavy atom. The molecule has 18 heavy (non-hydrogen) atoms. The van der Waals surface area contributed by atoms with Gasteiger partial charge in [-0.05, 0) is 18.0 Å². The molecule has 0 atom stereocenters. The number of pyridine rings is 1. The van der Waals surface area contributed by atoms with Gasteiger partial charge in [-0.1, -0.05) is 25.4 Å². The first-order valence-corrected chi connectivity index (χ1v) is 7.33. The lowest BCUT2D eigenvalue weighted by molar-refractivity contribution is 0.122. The third kappa shape index (κ3) is 3.93. The molecular weight excluding hydrogens is 270 g/mol. The first-order valence-electron chi connectivity index (χ1n) is 6.07. The van der Waals surface area contributed by atoms with E-state index in [1.807, 2.05) is 12.1 Å². The lowest BCUT2D eigenvalue weighted by Crippen LogP contribution is -2.36. The Morgan fingerprint density at radius 2 is 2.11 bits per heavy atom. The third-order valence-corrected chi connectivity index (χ3v) is 3.53. The molecule has 0 saturated carbocycles. The largest absolute Gasteiger partial charge is 0.378 e. The first kappa shape index (κ1) is 13.8. The van der Waals surface area contributed by atoms with Gasteiger partial charge in [0, 0.05) is 29.4 Å². The maximum absolute atomic E-state index is 6.14. The summed E-state index contributed by atoms with van der Waals surface area (Å²) in [7, 11) is 0. The zero-order valence-corrected chi connectivity index (χ0v) is 12.2. The summed E-state index contributed by atoms with van der Waals surface area (Å²) in [4.78, 5) is 6.78. The van der Waals surface area contributed by atoms with Crippen LogP contribution in [0, 0.1) is 0 Å². The monoisotopic (exact) mass is 287 g/mol. The van der Waals surface area contributed by atoms with Gasteiger partial charge in [-0.3, -0.25) is 0 Å². The molecule has 2 rings (SSSR count). The van der Waals surface area contributed by atoms with Crippen LogP contribution in [-0.4, -0.2) is 36.5 Å². The molecule has 0 radical (unpaired) electrons. The summed E-state index contributed by atoms with van der Waals surface area (Å²) < 4.78 is 8.57. The van der Waals surface area contributed by atoms with Crippen molar-refractivity contribution in [3.63, 3.8) is 0 Å². The van der Waals surface area contributed by atoms with E-state index in [2.05, 4.69) is 28.5 Å². The van der Waals surface area contributed by atoms with Crippen LogP contribution in [0.15, 0.2) is 12.1 Å². The Bertz CT molecular complexity index is 397. The molecule has 0 unspecified atom stereocenters. The highest BCUT2D eigenvalue weighted by Gasteiger charge is 2.14. The lowest BCUT2D eigenvalue weighted by atomic mass is 10.3. The first-order chi connectivity index (χ1) is 8.65. The van der Waals surface area contributed by atoms with Gasteiger partial charge in [0.25, 0.3) is 0 Å². The van der Waals surface area contributed by atoms with Gasteiger partial charge in [0.15, 0.2) is 0 Å². The molecule has 0 amide bonds.